The number of rotatable bonds is 2. The lowest BCUT2D eigenvalue weighted by Crippen LogP contribution is -2.29. The lowest BCUT2D eigenvalue weighted by Gasteiger charge is -2.35. The maximum Gasteiger partial charge on any atom is 0.218 e. The van der Waals surface area contributed by atoms with Crippen LogP contribution >= 0.6 is 34.0 Å². The number of aliphatic imine (C=N–C) groups is 2. The molecule has 2 fully saturated rings. The number of fused-ring (bicyclic) bond motifs is 9. The van der Waals surface area contributed by atoms with Crippen LogP contribution in [0.3, 0.4) is 0 Å². The molecule has 0 aromatic carbocycles. The monoisotopic (exact) mass is 562 g/mol. The summed E-state index contributed by atoms with van der Waals surface area (Å²) in [4.78, 5) is 11.6. The highest BCUT2D eigenvalue weighted by atomic mass is 32.1. The van der Waals surface area contributed by atoms with Gasteiger partial charge in [-0.15, -0.1) is 34.0 Å². The van der Waals surface area contributed by atoms with Crippen molar-refractivity contribution in [1.29, 1.82) is 21.0 Å². The van der Waals surface area contributed by atoms with Gasteiger partial charge in [0.15, 0.2) is 0 Å². The van der Waals surface area contributed by atoms with Crippen LogP contribution < -0.4 is 0 Å². The van der Waals surface area contributed by atoms with Gasteiger partial charge in [-0.05, 0) is 37.8 Å². The first-order chi connectivity index (χ1) is 19.1. The second-order valence-electron chi connectivity index (χ2n) is 10.8. The zero-order chi connectivity index (χ0) is 26.8. The minimum absolute atomic E-state index is 0.0740. The van der Waals surface area contributed by atoms with Gasteiger partial charge in [0.2, 0.25) is 11.4 Å². The molecular weight excluding hydrogens is 541 g/mol. The molecule has 3 aromatic rings. The second-order valence-corrected chi connectivity index (χ2v) is 13.9. The number of hydrogen-bond donors (Lipinski definition) is 0. The number of thiophene rings is 3. The Bertz CT molecular complexity index is 1700. The molecule has 0 aliphatic heterocycles. The molecule has 0 saturated heterocycles. The quantitative estimate of drug-likeness (QED) is 0.292. The van der Waals surface area contributed by atoms with E-state index in [1.54, 1.807) is 0 Å². The summed E-state index contributed by atoms with van der Waals surface area (Å²) in [5, 5.41) is 37.7. The highest BCUT2D eigenvalue weighted by Crippen LogP contribution is 2.63. The zero-order valence-corrected chi connectivity index (χ0v) is 23.6. The molecule has 4 aliphatic rings. The Labute approximate surface area is 238 Å². The molecular formula is C30H22N6S3. The number of nitriles is 4. The smallest absolute Gasteiger partial charge is 0.218 e. The Hall–Kier alpha value is -3.60. The SMILES string of the molecule is N#CC(C#N)=NC1=Cc2sc3c(sc4c5c(sc43)C=C(N=C(C#N)C#N)C53CCCCC3)c2C12CCCCC2. The van der Waals surface area contributed by atoms with Gasteiger partial charge in [0.1, 0.15) is 24.3 Å². The van der Waals surface area contributed by atoms with E-state index in [4.69, 9.17) is 0 Å². The summed E-state index contributed by atoms with van der Waals surface area (Å²) in [6.45, 7) is 0. The molecule has 0 N–H and O–H groups in total. The van der Waals surface area contributed by atoms with Crippen molar-refractivity contribution in [2.24, 2.45) is 9.98 Å². The maximum absolute atomic E-state index is 9.42. The molecule has 7 rings (SSSR count). The van der Waals surface area contributed by atoms with Gasteiger partial charge < -0.3 is 0 Å². The average molecular weight is 563 g/mol. The third-order valence-electron chi connectivity index (χ3n) is 8.97. The predicted molar refractivity (Wildman–Crippen MR) is 158 cm³/mol. The third-order valence-corrected chi connectivity index (χ3v) is 12.9. The van der Waals surface area contributed by atoms with Gasteiger partial charge in [-0.2, -0.15) is 21.0 Å². The van der Waals surface area contributed by atoms with Crippen LogP contribution in [-0.4, -0.2) is 11.4 Å². The van der Waals surface area contributed by atoms with Crippen LogP contribution in [0.25, 0.3) is 31.0 Å². The van der Waals surface area contributed by atoms with Crippen LogP contribution in [0.2, 0.25) is 0 Å². The summed E-state index contributed by atoms with van der Waals surface area (Å²) >= 11 is 5.53. The van der Waals surface area contributed by atoms with Crippen molar-refractivity contribution < 1.29 is 0 Å². The Morgan fingerprint density at radius 1 is 0.564 bits per heavy atom. The first kappa shape index (κ1) is 24.4. The van der Waals surface area contributed by atoms with Crippen LogP contribution in [0.5, 0.6) is 0 Å². The Morgan fingerprint density at radius 3 is 1.31 bits per heavy atom. The minimum atomic E-state index is -0.231. The first-order valence-corrected chi connectivity index (χ1v) is 15.8. The van der Waals surface area contributed by atoms with E-state index in [9.17, 15) is 21.0 Å². The number of allylic oxidation sites excluding steroid dienone is 2. The van der Waals surface area contributed by atoms with Crippen LogP contribution in [0.1, 0.15) is 85.1 Å². The zero-order valence-electron chi connectivity index (χ0n) is 21.1. The van der Waals surface area contributed by atoms with Gasteiger partial charge in [0, 0.05) is 31.7 Å². The highest BCUT2D eigenvalue weighted by molar-refractivity contribution is 7.39. The van der Waals surface area contributed by atoms with Crippen molar-refractivity contribution in [3.05, 3.63) is 32.3 Å². The summed E-state index contributed by atoms with van der Waals surface area (Å²) in [5.74, 6) is 0. The predicted octanol–water partition coefficient (Wildman–Crippen LogP) is 8.27. The van der Waals surface area contributed by atoms with Crippen molar-refractivity contribution in [2.45, 2.75) is 75.0 Å². The summed E-state index contributed by atoms with van der Waals surface area (Å²) in [6, 6.07) is 7.84. The fourth-order valence-electron chi connectivity index (χ4n) is 7.34. The largest absolute Gasteiger partial charge is 0.231 e. The summed E-state index contributed by atoms with van der Waals surface area (Å²) in [5.41, 5.74) is 3.87. The number of hydrogen-bond acceptors (Lipinski definition) is 9. The summed E-state index contributed by atoms with van der Waals surface area (Å²) in [7, 11) is 0. The van der Waals surface area contributed by atoms with Gasteiger partial charge >= 0.3 is 0 Å². The van der Waals surface area contributed by atoms with Crippen molar-refractivity contribution in [3.63, 3.8) is 0 Å². The highest BCUT2D eigenvalue weighted by Gasteiger charge is 2.48. The molecule has 9 heteroatoms. The van der Waals surface area contributed by atoms with Crippen LogP contribution in [-0.2, 0) is 10.8 Å². The average Bonchev–Trinajstić information content (AvgIpc) is 3.72. The van der Waals surface area contributed by atoms with E-state index in [1.807, 2.05) is 58.3 Å². The molecule has 0 atom stereocenters. The molecule has 6 nitrogen and oxygen atoms in total. The van der Waals surface area contributed by atoms with Crippen LogP contribution in [0, 0.1) is 45.3 Å². The molecule has 3 aromatic heterocycles. The minimum Gasteiger partial charge on any atom is -0.231 e. The van der Waals surface area contributed by atoms with Crippen LogP contribution in [0.4, 0.5) is 0 Å². The van der Waals surface area contributed by atoms with Crippen molar-refractivity contribution >= 4 is 76.4 Å². The Kier molecular flexibility index (Phi) is 5.62. The first-order valence-electron chi connectivity index (χ1n) is 13.3. The fraction of sp³-hybridized carbons (Fsp3) is 0.400. The normalized spacial score (nSPS) is 19.9. The molecule has 3 heterocycles. The van der Waals surface area contributed by atoms with Gasteiger partial charge in [0.05, 0.1) is 30.2 Å². The molecule has 0 amide bonds. The molecule has 4 aliphatic carbocycles. The van der Waals surface area contributed by atoms with Crippen molar-refractivity contribution in [1.82, 2.24) is 0 Å². The van der Waals surface area contributed by atoms with E-state index in [0.29, 0.717) is 0 Å². The van der Waals surface area contributed by atoms with E-state index in [-0.39, 0.29) is 22.3 Å². The van der Waals surface area contributed by atoms with Gasteiger partial charge in [-0.25, -0.2) is 9.98 Å². The Balaban J connectivity index is 1.44. The van der Waals surface area contributed by atoms with E-state index < -0.39 is 0 Å². The lowest BCUT2D eigenvalue weighted by molar-refractivity contribution is 0.346. The van der Waals surface area contributed by atoms with Gasteiger partial charge in [0.25, 0.3) is 0 Å². The van der Waals surface area contributed by atoms with Crippen molar-refractivity contribution in [3.8, 4) is 24.3 Å². The summed E-state index contributed by atoms with van der Waals surface area (Å²) < 4.78 is 5.33. The fourth-order valence-corrected chi connectivity index (χ4v) is 12.1. The Morgan fingerprint density at radius 2 is 0.949 bits per heavy atom. The van der Waals surface area contributed by atoms with E-state index in [1.165, 1.54) is 52.5 Å². The van der Waals surface area contributed by atoms with E-state index in [0.717, 1.165) is 62.8 Å². The second kappa shape index (κ2) is 8.97. The van der Waals surface area contributed by atoms with Crippen LogP contribution in [0.15, 0.2) is 21.4 Å². The standard InChI is InChI=1S/C30H22N6S3/c31-13-17(14-32)35-21-11-19-23(29(21)7-3-1-4-8-29)25-27(37-19)28-26(39-25)24-20(38-28)12-22(36-18(15-33)16-34)30(24)9-5-2-6-10-30/h11-12H,1-10H2. The topological polar surface area (TPSA) is 120 Å². The molecule has 39 heavy (non-hydrogen) atoms. The number of nitrogens with zero attached hydrogens (tertiary/aromatic N) is 6. The molecule has 2 saturated carbocycles. The van der Waals surface area contributed by atoms with Gasteiger partial charge in [-0.1, -0.05) is 38.5 Å². The van der Waals surface area contributed by atoms with E-state index >= 15 is 0 Å². The molecule has 0 bridgehead atoms. The third kappa shape index (κ3) is 3.31. The summed E-state index contributed by atoms with van der Waals surface area (Å²) in [6.07, 6.45) is 15.1. The molecule has 2 spiro atoms. The lowest BCUT2D eigenvalue weighted by atomic mass is 9.69. The molecule has 0 unspecified atom stereocenters. The van der Waals surface area contributed by atoms with E-state index in [2.05, 4.69) is 22.1 Å². The van der Waals surface area contributed by atoms with Crippen molar-refractivity contribution in [2.75, 3.05) is 0 Å². The molecule has 190 valence electrons. The molecule has 0 radical (unpaired) electrons. The van der Waals surface area contributed by atoms with Gasteiger partial charge in [-0.3, -0.25) is 0 Å². The maximum atomic E-state index is 9.42.